The van der Waals surface area contributed by atoms with Gasteiger partial charge in [0.05, 0.1) is 10.6 Å². The number of carbonyl (C=O) groups is 2. The molecule has 1 N–H and O–H groups in total. The van der Waals surface area contributed by atoms with Gasteiger partial charge >= 0.3 is 0 Å². The minimum atomic E-state index is -4.11. The first kappa shape index (κ1) is 30.6. The Labute approximate surface area is 248 Å². The van der Waals surface area contributed by atoms with E-state index >= 15 is 0 Å². The molecular formula is C32H38ClN3O4S. The van der Waals surface area contributed by atoms with Crippen LogP contribution in [0.2, 0.25) is 5.02 Å². The first-order valence-corrected chi connectivity index (χ1v) is 16.0. The number of rotatable bonds is 11. The molecule has 0 radical (unpaired) electrons. The summed E-state index contributed by atoms with van der Waals surface area (Å²) in [5.74, 6) is -0.672. The highest BCUT2D eigenvalue weighted by molar-refractivity contribution is 7.92. The molecule has 1 atom stereocenters. The molecule has 1 saturated carbocycles. The molecule has 7 nitrogen and oxygen atoms in total. The fraction of sp³-hybridized carbons (Fsp3) is 0.375. The molecule has 1 aliphatic carbocycles. The van der Waals surface area contributed by atoms with Crippen molar-refractivity contribution >= 4 is 39.1 Å². The lowest BCUT2D eigenvalue weighted by Gasteiger charge is -2.34. The normalized spacial score (nSPS) is 14.7. The first-order chi connectivity index (χ1) is 19.7. The van der Waals surface area contributed by atoms with E-state index in [2.05, 4.69) is 5.32 Å². The van der Waals surface area contributed by atoms with E-state index < -0.39 is 28.5 Å². The van der Waals surface area contributed by atoms with Crippen molar-refractivity contribution in [2.24, 2.45) is 0 Å². The van der Waals surface area contributed by atoms with Crippen molar-refractivity contribution in [2.45, 2.75) is 75.9 Å². The molecule has 0 bridgehead atoms. The quantitative estimate of drug-likeness (QED) is 0.290. The maximum Gasteiger partial charge on any atom is 0.264 e. The van der Waals surface area contributed by atoms with E-state index in [0.717, 1.165) is 47.5 Å². The second-order valence-electron chi connectivity index (χ2n) is 10.6. The third-order valence-corrected chi connectivity index (χ3v) is 9.58. The summed E-state index contributed by atoms with van der Waals surface area (Å²) < 4.78 is 28.8. The van der Waals surface area contributed by atoms with Gasteiger partial charge in [-0.05, 0) is 68.1 Å². The summed E-state index contributed by atoms with van der Waals surface area (Å²) in [4.78, 5) is 29.3. The highest BCUT2D eigenvalue weighted by atomic mass is 35.5. The van der Waals surface area contributed by atoms with E-state index in [4.69, 9.17) is 11.6 Å². The third kappa shape index (κ3) is 7.89. The topological polar surface area (TPSA) is 86.8 Å². The van der Waals surface area contributed by atoms with Crippen LogP contribution in [0.3, 0.4) is 0 Å². The summed E-state index contributed by atoms with van der Waals surface area (Å²) in [6.45, 7) is 3.56. The molecule has 0 spiro atoms. The second-order valence-corrected chi connectivity index (χ2v) is 12.9. The predicted molar refractivity (Wildman–Crippen MR) is 163 cm³/mol. The number of benzene rings is 3. The molecule has 218 valence electrons. The van der Waals surface area contributed by atoms with Crippen molar-refractivity contribution in [3.63, 3.8) is 0 Å². The van der Waals surface area contributed by atoms with Crippen LogP contribution in [0.25, 0.3) is 0 Å². The van der Waals surface area contributed by atoms with Crippen molar-refractivity contribution in [3.8, 4) is 0 Å². The Kier molecular flexibility index (Phi) is 10.5. The molecule has 3 aromatic carbocycles. The van der Waals surface area contributed by atoms with Gasteiger partial charge in [0.15, 0.2) is 0 Å². The SMILES string of the molecule is CC[C@@H](C(=O)NC1CCCCC1)N(Cc1ccc(C)cc1)C(=O)CN(c1ccc(Cl)cc1)S(=O)(=O)c1ccccc1. The van der Waals surface area contributed by atoms with Crippen molar-refractivity contribution in [1.29, 1.82) is 0 Å². The summed E-state index contributed by atoms with van der Waals surface area (Å²) in [6, 6.07) is 21.5. The summed E-state index contributed by atoms with van der Waals surface area (Å²) in [5.41, 5.74) is 2.25. The van der Waals surface area contributed by atoms with Crippen LogP contribution in [0.1, 0.15) is 56.6 Å². The third-order valence-electron chi connectivity index (χ3n) is 7.54. The second kappa shape index (κ2) is 14.0. The van der Waals surface area contributed by atoms with Gasteiger partial charge in [-0.2, -0.15) is 0 Å². The van der Waals surface area contributed by atoms with Crippen LogP contribution >= 0.6 is 11.6 Å². The average molecular weight is 596 g/mol. The van der Waals surface area contributed by atoms with Gasteiger partial charge in [-0.1, -0.05) is 85.8 Å². The largest absolute Gasteiger partial charge is 0.352 e. The molecule has 2 amide bonds. The number of nitrogens with one attached hydrogen (secondary N) is 1. The van der Waals surface area contributed by atoms with Gasteiger partial charge in [-0.3, -0.25) is 13.9 Å². The van der Waals surface area contributed by atoms with Gasteiger partial charge in [0, 0.05) is 17.6 Å². The van der Waals surface area contributed by atoms with E-state index in [0.29, 0.717) is 17.1 Å². The average Bonchev–Trinajstić information content (AvgIpc) is 2.98. The highest BCUT2D eigenvalue weighted by Crippen LogP contribution is 2.26. The maximum atomic E-state index is 14.2. The fourth-order valence-corrected chi connectivity index (χ4v) is 6.77. The Hall–Kier alpha value is -3.36. The molecule has 0 aromatic heterocycles. The van der Waals surface area contributed by atoms with Gasteiger partial charge in [-0.25, -0.2) is 8.42 Å². The molecular weight excluding hydrogens is 558 g/mol. The standard InChI is InChI=1S/C32H38ClN3O4S/c1-3-30(32(38)34-27-10-6-4-7-11-27)35(22-25-16-14-24(2)15-17-25)31(37)23-36(28-20-18-26(33)19-21-28)41(39,40)29-12-8-5-9-13-29/h5,8-9,12-21,27,30H,3-4,6-7,10-11,22-23H2,1-2H3,(H,34,38)/t30-/m0/s1. The van der Waals surface area contributed by atoms with Crippen molar-refractivity contribution < 1.29 is 18.0 Å². The molecule has 0 saturated heterocycles. The lowest BCUT2D eigenvalue weighted by molar-refractivity contribution is -0.140. The minimum Gasteiger partial charge on any atom is -0.352 e. The van der Waals surface area contributed by atoms with Crippen LogP contribution in [0.5, 0.6) is 0 Å². The van der Waals surface area contributed by atoms with Crippen LogP contribution in [-0.4, -0.2) is 43.8 Å². The molecule has 0 aliphatic heterocycles. The zero-order valence-electron chi connectivity index (χ0n) is 23.6. The molecule has 0 heterocycles. The Morgan fingerprint density at radius 1 is 0.927 bits per heavy atom. The summed E-state index contributed by atoms with van der Waals surface area (Å²) >= 11 is 6.09. The van der Waals surface area contributed by atoms with E-state index in [1.165, 1.54) is 17.0 Å². The van der Waals surface area contributed by atoms with Crippen molar-refractivity contribution in [1.82, 2.24) is 10.2 Å². The summed E-state index contributed by atoms with van der Waals surface area (Å²) in [6.07, 6.45) is 5.55. The van der Waals surface area contributed by atoms with Crippen LogP contribution in [0.4, 0.5) is 5.69 Å². The fourth-order valence-electron chi connectivity index (χ4n) is 5.21. The van der Waals surface area contributed by atoms with E-state index in [9.17, 15) is 18.0 Å². The first-order valence-electron chi connectivity index (χ1n) is 14.2. The van der Waals surface area contributed by atoms with Gasteiger partial charge in [-0.15, -0.1) is 0 Å². The van der Waals surface area contributed by atoms with E-state index in [-0.39, 0.29) is 23.4 Å². The molecule has 41 heavy (non-hydrogen) atoms. The van der Waals surface area contributed by atoms with Crippen LogP contribution in [-0.2, 0) is 26.2 Å². The number of anilines is 1. The molecule has 3 aromatic rings. The monoisotopic (exact) mass is 595 g/mol. The molecule has 1 aliphatic rings. The van der Waals surface area contributed by atoms with Crippen LogP contribution < -0.4 is 9.62 Å². The number of nitrogens with zero attached hydrogens (tertiary/aromatic N) is 2. The summed E-state index contributed by atoms with van der Waals surface area (Å²) in [7, 11) is -4.11. The molecule has 0 unspecified atom stereocenters. The number of hydrogen-bond acceptors (Lipinski definition) is 4. The minimum absolute atomic E-state index is 0.0647. The lowest BCUT2D eigenvalue weighted by atomic mass is 9.95. The van der Waals surface area contributed by atoms with Gasteiger partial charge in [0.2, 0.25) is 11.8 Å². The Morgan fingerprint density at radius 3 is 2.17 bits per heavy atom. The molecule has 1 fully saturated rings. The predicted octanol–water partition coefficient (Wildman–Crippen LogP) is 6.10. The highest BCUT2D eigenvalue weighted by Gasteiger charge is 2.34. The van der Waals surface area contributed by atoms with Gasteiger partial charge in [0.25, 0.3) is 10.0 Å². The number of sulfonamides is 1. The zero-order chi connectivity index (χ0) is 29.4. The Bertz CT molecular complexity index is 1410. The van der Waals surface area contributed by atoms with Crippen molar-refractivity contribution in [2.75, 3.05) is 10.8 Å². The number of hydrogen-bond donors (Lipinski definition) is 1. The molecule has 4 rings (SSSR count). The lowest BCUT2D eigenvalue weighted by Crippen LogP contribution is -2.54. The number of amides is 2. The zero-order valence-corrected chi connectivity index (χ0v) is 25.2. The van der Waals surface area contributed by atoms with E-state index in [1.54, 1.807) is 42.5 Å². The Balaban J connectivity index is 1.68. The van der Waals surface area contributed by atoms with Crippen LogP contribution in [0.15, 0.2) is 83.8 Å². The number of carbonyl (C=O) groups excluding carboxylic acids is 2. The van der Waals surface area contributed by atoms with E-state index in [1.807, 2.05) is 38.1 Å². The smallest absolute Gasteiger partial charge is 0.264 e. The maximum absolute atomic E-state index is 14.2. The number of aryl methyl sites for hydroxylation is 1. The molecule has 9 heteroatoms. The van der Waals surface area contributed by atoms with Gasteiger partial charge < -0.3 is 10.2 Å². The summed E-state index contributed by atoms with van der Waals surface area (Å²) in [5, 5.41) is 3.62. The van der Waals surface area contributed by atoms with Gasteiger partial charge in [0.1, 0.15) is 12.6 Å². The van der Waals surface area contributed by atoms with Crippen LogP contribution in [0, 0.1) is 6.92 Å². The van der Waals surface area contributed by atoms with Crippen molar-refractivity contribution in [3.05, 3.63) is 95.0 Å². The number of halogens is 1. The Morgan fingerprint density at radius 2 is 1.56 bits per heavy atom.